The molecule has 1 saturated heterocycles. The van der Waals surface area contributed by atoms with Gasteiger partial charge in [-0.3, -0.25) is 9.36 Å². The van der Waals surface area contributed by atoms with E-state index in [0.29, 0.717) is 44.6 Å². The molecule has 0 amide bonds. The van der Waals surface area contributed by atoms with E-state index in [1.54, 1.807) is 0 Å². The van der Waals surface area contributed by atoms with Gasteiger partial charge in [0, 0.05) is 45.8 Å². The van der Waals surface area contributed by atoms with Crippen molar-refractivity contribution in [2.75, 3.05) is 19.6 Å². The molecule has 5 rings (SSSR count). The Bertz CT molecular complexity index is 1460. The van der Waals surface area contributed by atoms with Gasteiger partial charge in [-0.25, -0.2) is 9.37 Å². The zero-order valence-corrected chi connectivity index (χ0v) is 16.9. The Morgan fingerprint density at radius 1 is 1.35 bits per heavy atom. The number of aryl methyl sites for hydroxylation is 1. The van der Waals surface area contributed by atoms with Crippen molar-refractivity contribution in [3.63, 3.8) is 0 Å². The summed E-state index contributed by atoms with van der Waals surface area (Å²) in [5, 5.41) is 14.6. The van der Waals surface area contributed by atoms with Crippen molar-refractivity contribution in [1.29, 1.82) is 0 Å². The van der Waals surface area contributed by atoms with E-state index in [1.807, 2.05) is 0 Å². The number of piperidine rings is 1. The maximum Gasteiger partial charge on any atom is 0.257 e. The lowest BCUT2D eigenvalue weighted by Crippen LogP contribution is -2.37. The standard InChI is InChI=1S/C23H27FN4O3/c1-14-17(23(30)28-9-2-3-19(29)22(28)25-14)8-12-27-10-6-15(7-11-27)21-18-5-4-16(24)13-20(18)31-26-21/h4-5,13,15,19,29H,2-3,6-12H2,1H3/i1D3,4D,5D,13D,19D. The highest BCUT2D eigenvalue weighted by molar-refractivity contribution is 5.79. The van der Waals surface area contributed by atoms with Crippen LogP contribution in [0.5, 0.6) is 0 Å². The van der Waals surface area contributed by atoms with Gasteiger partial charge in [0.15, 0.2) is 5.58 Å². The van der Waals surface area contributed by atoms with Crippen LogP contribution in [0.15, 0.2) is 27.4 Å². The molecule has 4 heterocycles. The van der Waals surface area contributed by atoms with Gasteiger partial charge in [0.1, 0.15) is 17.7 Å². The molecule has 2 aliphatic rings. The summed E-state index contributed by atoms with van der Waals surface area (Å²) in [6.45, 7) is -0.886. The normalized spacial score (nSPS) is 26.3. The largest absolute Gasteiger partial charge is 0.385 e. The van der Waals surface area contributed by atoms with Crippen molar-refractivity contribution in [3.05, 3.63) is 57.1 Å². The Morgan fingerprint density at radius 3 is 3.00 bits per heavy atom. The lowest BCUT2D eigenvalue weighted by atomic mass is 9.91. The number of halogens is 1. The lowest BCUT2D eigenvalue weighted by molar-refractivity contribution is 0.129. The predicted octanol–water partition coefficient (Wildman–Crippen LogP) is 3.08. The van der Waals surface area contributed by atoms with Crippen LogP contribution in [-0.2, 0) is 13.0 Å². The number of hydrogen-bond acceptors (Lipinski definition) is 6. The second-order valence-corrected chi connectivity index (χ2v) is 8.10. The fraction of sp³-hybridized carbons (Fsp3) is 0.522. The summed E-state index contributed by atoms with van der Waals surface area (Å²) in [7, 11) is 0. The first-order valence-corrected chi connectivity index (χ1v) is 10.4. The molecule has 1 unspecified atom stereocenters. The minimum atomic E-state index is -2.68. The highest BCUT2D eigenvalue weighted by Crippen LogP contribution is 2.32. The number of fused-ring (bicyclic) bond motifs is 2. The number of aromatic nitrogens is 3. The summed E-state index contributed by atoms with van der Waals surface area (Å²) in [6, 6.07) is -1.61. The van der Waals surface area contributed by atoms with Gasteiger partial charge in [0.05, 0.1) is 11.2 Å². The zero-order valence-electron chi connectivity index (χ0n) is 23.9. The van der Waals surface area contributed by atoms with Crippen LogP contribution in [0, 0.1) is 12.7 Å². The summed E-state index contributed by atoms with van der Waals surface area (Å²) >= 11 is 0. The van der Waals surface area contributed by atoms with Crippen LogP contribution in [0.3, 0.4) is 0 Å². The maximum atomic E-state index is 14.0. The molecule has 1 fully saturated rings. The van der Waals surface area contributed by atoms with E-state index in [-0.39, 0.29) is 59.4 Å². The third-order valence-corrected chi connectivity index (χ3v) is 6.21. The molecule has 1 aromatic carbocycles. The topological polar surface area (TPSA) is 84.4 Å². The van der Waals surface area contributed by atoms with Crippen molar-refractivity contribution in [1.82, 2.24) is 19.6 Å². The van der Waals surface area contributed by atoms with E-state index in [9.17, 15) is 14.3 Å². The Labute approximate surface area is 189 Å². The molecule has 7 nitrogen and oxygen atoms in total. The second kappa shape index (κ2) is 8.16. The van der Waals surface area contributed by atoms with Gasteiger partial charge in [-0.1, -0.05) is 5.16 Å². The van der Waals surface area contributed by atoms with Gasteiger partial charge in [0.2, 0.25) is 0 Å². The third kappa shape index (κ3) is 3.78. The van der Waals surface area contributed by atoms with E-state index < -0.39 is 36.4 Å². The quantitative estimate of drug-likeness (QED) is 0.681. The number of rotatable bonds is 4. The first-order valence-electron chi connectivity index (χ1n) is 13.9. The number of nitrogens with zero attached hydrogens (tertiary/aromatic N) is 4. The molecule has 1 atom stereocenters. The minimum Gasteiger partial charge on any atom is -0.385 e. The molecular weight excluding hydrogens is 399 g/mol. The van der Waals surface area contributed by atoms with Gasteiger partial charge in [0.25, 0.3) is 5.56 Å². The Morgan fingerprint density at radius 2 is 2.19 bits per heavy atom. The van der Waals surface area contributed by atoms with Crippen molar-refractivity contribution in [2.24, 2.45) is 0 Å². The van der Waals surface area contributed by atoms with Gasteiger partial charge in [-0.15, -0.1) is 0 Å². The third-order valence-electron chi connectivity index (χ3n) is 6.21. The number of benzene rings is 1. The van der Waals surface area contributed by atoms with Crippen LogP contribution in [0.2, 0.25) is 0 Å². The highest BCUT2D eigenvalue weighted by atomic mass is 19.1. The maximum absolute atomic E-state index is 14.0. The first-order chi connectivity index (χ1) is 17.8. The molecule has 3 aromatic rings. The smallest absolute Gasteiger partial charge is 0.257 e. The number of likely N-dealkylation sites (tertiary alicyclic amines) is 1. The Kier molecular flexibility index (Phi) is 3.62. The van der Waals surface area contributed by atoms with E-state index in [0.717, 1.165) is 0 Å². The molecule has 0 bridgehead atoms. The molecule has 0 aliphatic carbocycles. The van der Waals surface area contributed by atoms with Crippen molar-refractivity contribution in [2.45, 2.75) is 57.5 Å². The van der Waals surface area contributed by atoms with E-state index in [4.69, 9.17) is 14.1 Å². The number of hydrogen-bond donors (Lipinski definition) is 1. The fourth-order valence-corrected chi connectivity index (χ4v) is 4.50. The van der Waals surface area contributed by atoms with Crippen LogP contribution in [0.4, 0.5) is 4.39 Å². The SMILES string of the molecule is [2H]c1c(F)c([2H])c2onc(C3CCN(CCc4c(C([2H])([2H])[2H])nc5n(c4=O)CCCC5([2H])O)CC3)c2c1[2H]. The van der Waals surface area contributed by atoms with E-state index >= 15 is 0 Å². The molecule has 0 radical (unpaired) electrons. The van der Waals surface area contributed by atoms with Gasteiger partial charge < -0.3 is 14.5 Å². The van der Waals surface area contributed by atoms with Gasteiger partial charge >= 0.3 is 0 Å². The molecule has 0 saturated carbocycles. The van der Waals surface area contributed by atoms with Crippen LogP contribution in [0.25, 0.3) is 11.0 Å². The van der Waals surface area contributed by atoms with E-state index in [1.165, 1.54) is 4.57 Å². The molecule has 31 heavy (non-hydrogen) atoms. The lowest BCUT2D eigenvalue weighted by Gasteiger charge is -2.31. The van der Waals surface area contributed by atoms with Crippen molar-refractivity contribution in [3.8, 4) is 0 Å². The Balaban J connectivity index is 1.34. The first kappa shape index (κ1) is 13.8. The zero-order chi connectivity index (χ0) is 27.6. The van der Waals surface area contributed by atoms with Crippen LogP contribution < -0.4 is 5.56 Å². The molecule has 164 valence electrons. The van der Waals surface area contributed by atoms with Gasteiger partial charge in [-0.05, 0) is 64.1 Å². The monoisotopic (exact) mass is 433 g/mol. The van der Waals surface area contributed by atoms with Crippen molar-refractivity contribution < 1.29 is 23.6 Å². The van der Waals surface area contributed by atoms with Gasteiger partial charge in [-0.2, -0.15) is 0 Å². The molecule has 2 aromatic heterocycles. The summed E-state index contributed by atoms with van der Waals surface area (Å²) in [5.41, 5.74) is -0.571. The average Bonchev–Trinajstić information content (AvgIpc) is 3.31. The average molecular weight is 434 g/mol. The fourth-order valence-electron chi connectivity index (χ4n) is 4.50. The predicted molar refractivity (Wildman–Crippen MR) is 114 cm³/mol. The van der Waals surface area contributed by atoms with Crippen LogP contribution in [-0.4, -0.2) is 44.3 Å². The van der Waals surface area contributed by atoms with Crippen LogP contribution >= 0.6 is 0 Å². The molecule has 0 spiro atoms. The molecule has 8 heteroatoms. The highest BCUT2D eigenvalue weighted by Gasteiger charge is 2.26. The summed E-state index contributed by atoms with van der Waals surface area (Å²) < 4.78 is 76.0. The van der Waals surface area contributed by atoms with Crippen molar-refractivity contribution >= 4 is 11.0 Å². The Hall–Kier alpha value is -2.58. The molecule has 2 aliphatic heterocycles. The molecule has 1 N–H and O–H groups in total. The number of aliphatic hydroxyl groups is 1. The second-order valence-electron chi connectivity index (χ2n) is 8.10. The summed E-state index contributed by atoms with van der Waals surface area (Å²) in [6.07, 6.45) is -0.319. The minimum absolute atomic E-state index is 0.0582. The molecular formula is C23H27FN4O3. The van der Waals surface area contributed by atoms with E-state index in [2.05, 4.69) is 15.0 Å². The van der Waals surface area contributed by atoms with Crippen LogP contribution in [0.1, 0.15) is 70.1 Å². The summed E-state index contributed by atoms with van der Waals surface area (Å²) in [4.78, 5) is 19.4. The summed E-state index contributed by atoms with van der Waals surface area (Å²) in [5.74, 6) is -1.48.